The third kappa shape index (κ3) is 3.91. The molecule has 1 aromatic rings. The van der Waals surface area contributed by atoms with Gasteiger partial charge in [-0.05, 0) is 31.0 Å². The highest BCUT2D eigenvalue weighted by Crippen LogP contribution is 2.26. The van der Waals surface area contributed by atoms with Crippen molar-refractivity contribution in [2.45, 2.75) is 32.8 Å². The van der Waals surface area contributed by atoms with Crippen molar-refractivity contribution in [3.05, 3.63) is 28.8 Å². The SMILES string of the molecule is CCCC(Oc1ccc(C)cc1Cl)C(=O)NN. The highest BCUT2D eigenvalue weighted by molar-refractivity contribution is 6.32. The molecule has 0 heterocycles. The number of carbonyl (C=O) groups is 1. The van der Waals surface area contributed by atoms with Crippen molar-refractivity contribution in [3.63, 3.8) is 0 Å². The van der Waals surface area contributed by atoms with Gasteiger partial charge in [0.15, 0.2) is 6.10 Å². The summed E-state index contributed by atoms with van der Waals surface area (Å²) in [6, 6.07) is 5.43. The first-order chi connectivity index (χ1) is 8.08. The number of amides is 1. The van der Waals surface area contributed by atoms with E-state index in [1.807, 2.05) is 19.9 Å². The summed E-state index contributed by atoms with van der Waals surface area (Å²) in [4.78, 5) is 11.5. The average molecular weight is 257 g/mol. The molecule has 4 nitrogen and oxygen atoms in total. The van der Waals surface area contributed by atoms with Crippen LogP contribution in [0.2, 0.25) is 5.02 Å². The van der Waals surface area contributed by atoms with Crippen molar-refractivity contribution in [2.75, 3.05) is 0 Å². The van der Waals surface area contributed by atoms with Gasteiger partial charge in [0.05, 0.1) is 5.02 Å². The van der Waals surface area contributed by atoms with Crippen LogP contribution in [0.15, 0.2) is 18.2 Å². The highest BCUT2D eigenvalue weighted by Gasteiger charge is 2.19. The maximum absolute atomic E-state index is 11.5. The molecule has 0 aliphatic rings. The molecule has 0 spiro atoms. The third-order valence-electron chi connectivity index (χ3n) is 2.34. The number of carbonyl (C=O) groups excluding carboxylic acids is 1. The largest absolute Gasteiger partial charge is 0.479 e. The summed E-state index contributed by atoms with van der Waals surface area (Å²) < 4.78 is 5.57. The van der Waals surface area contributed by atoms with Crippen LogP contribution in [0.5, 0.6) is 5.75 Å². The molecule has 1 atom stereocenters. The number of benzene rings is 1. The molecule has 0 radical (unpaired) electrons. The standard InChI is InChI=1S/C12H17ClN2O2/c1-3-4-11(12(16)15-14)17-10-6-5-8(2)7-9(10)13/h5-7,11H,3-4,14H2,1-2H3,(H,15,16). The number of hydrogen-bond acceptors (Lipinski definition) is 3. The summed E-state index contributed by atoms with van der Waals surface area (Å²) in [5, 5.41) is 0.496. The lowest BCUT2D eigenvalue weighted by Crippen LogP contribution is -2.42. The Hall–Kier alpha value is -1.26. The molecule has 1 aromatic carbocycles. The lowest BCUT2D eigenvalue weighted by atomic mass is 10.2. The summed E-state index contributed by atoms with van der Waals surface area (Å²) in [6.07, 6.45) is 0.805. The summed E-state index contributed by atoms with van der Waals surface area (Å²) in [5.74, 6) is 5.26. The van der Waals surface area contributed by atoms with Gasteiger partial charge in [0.2, 0.25) is 0 Å². The van der Waals surface area contributed by atoms with Gasteiger partial charge in [-0.15, -0.1) is 0 Å². The topological polar surface area (TPSA) is 64.3 Å². The fourth-order valence-corrected chi connectivity index (χ4v) is 1.73. The Morgan fingerprint density at radius 1 is 1.59 bits per heavy atom. The maximum atomic E-state index is 11.5. The van der Waals surface area contributed by atoms with Crippen LogP contribution in [0.1, 0.15) is 25.3 Å². The zero-order valence-corrected chi connectivity index (χ0v) is 10.8. The highest BCUT2D eigenvalue weighted by atomic mass is 35.5. The molecule has 0 saturated carbocycles. The number of hydrogen-bond donors (Lipinski definition) is 2. The van der Waals surface area contributed by atoms with Crippen LogP contribution in [0.3, 0.4) is 0 Å². The zero-order chi connectivity index (χ0) is 12.8. The number of halogens is 1. The molecular formula is C12H17ClN2O2. The lowest BCUT2D eigenvalue weighted by molar-refractivity contribution is -0.128. The number of nitrogens with one attached hydrogen (secondary N) is 1. The second kappa shape index (κ2) is 6.47. The Balaban J connectivity index is 2.82. The van der Waals surface area contributed by atoms with Gasteiger partial charge < -0.3 is 4.74 Å². The number of aryl methyl sites for hydroxylation is 1. The minimum atomic E-state index is -0.606. The van der Waals surface area contributed by atoms with E-state index in [1.54, 1.807) is 12.1 Å². The second-order valence-corrected chi connectivity index (χ2v) is 4.24. The Morgan fingerprint density at radius 3 is 2.82 bits per heavy atom. The van der Waals surface area contributed by atoms with Crippen molar-refractivity contribution in [1.82, 2.24) is 5.43 Å². The molecular weight excluding hydrogens is 240 g/mol. The van der Waals surface area contributed by atoms with Crippen LogP contribution in [-0.2, 0) is 4.79 Å². The van der Waals surface area contributed by atoms with E-state index < -0.39 is 6.10 Å². The molecule has 5 heteroatoms. The predicted molar refractivity (Wildman–Crippen MR) is 67.8 cm³/mol. The molecule has 0 aromatic heterocycles. The van der Waals surface area contributed by atoms with Gasteiger partial charge in [-0.1, -0.05) is 31.0 Å². The van der Waals surface area contributed by atoms with Crippen molar-refractivity contribution < 1.29 is 9.53 Å². The molecule has 0 aliphatic carbocycles. The van der Waals surface area contributed by atoms with Gasteiger partial charge in [0, 0.05) is 0 Å². The first-order valence-electron chi connectivity index (χ1n) is 5.51. The summed E-state index contributed by atoms with van der Waals surface area (Å²) in [5.41, 5.74) is 3.13. The fourth-order valence-electron chi connectivity index (χ4n) is 1.45. The molecule has 17 heavy (non-hydrogen) atoms. The summed E-state index contributed by atoms with van der Waals surface area (Å²) in [7, 11) is 0. The monoisotopic (exact) mass is 256 g/mol. The van der Waals surface area contributed by atoms with Gasteiger partial charge in [-0.2, -0.15) is 0 Å². The van der Waals surface area contributed by atoms with E-state index in [2.05, 4.69) is 5.43 Å². The number of ether oxygens (including phenoxy) is 1. The van der Waals surface area contributed by atoms with E-state index in [4.69, 9.17) is 22.2 Å². The van der Waals surface area contributed by atoms with Gasteiger partial charge in [-0.25, -0.2) is 5.84 Å². The predicted octanol–water partition coefficient (Wildman–Crippen LogP) is 2.19. The zero-order valence-electron chi connectivity index (χ0n) is 10.00. The van der Waals surface area contributed by atoms with Crippen LogP contribution >= 0.6 is 11.6 Å². The lowest BCUT2D eigenvalue weighted by Gasteiger charge is -2.17. The van der Waals surface area contributed by atoms with Crippen molar-refractivity contribution in [3.8, 4) is 5.75 Å². The van der Waals surface area contributed by atoms with Gasteiger partial charge in [-0.3, -0.25) is 10.2 Å². The molecule has 0 aliphatic heterocycles. The number of nitrogens with two attached hydrogens (primary N) is 1. The van der Waals surface area contributed by atoms with Gasteiger partial charge >= 0.3 is 0 Å². The van der Waals surface area contributed by atoms with Crippen LogP contribution in [0, 0.1) is 6.92 Å². The minimum absolute atomic E-state index is 0.344. The Labute approximate surface area is 106 Å². The van der Waals surface area contributed by atoms with Crippen LogP contribution in [0.4, 0.5) is 0 Å². The number of hydrazine groups is 1. The maximum Gasteiger partial charge on any atom is 0.274 e. The van der Waals surface area contributed by atoms with Crippen molar-refractivity contribution in [2.24, 2.45) is 5.84 Å². The quantitative estimate of drug-likeness (QED) is 0.482. The van der Waals surface area contributed by atoms with Crippen molar-refractivity contribution in [1.29, 1.82) is 0 Å². The minimum Gasteiger partial charge on any atom is -0.479 e. The van der Waals surface area contributed by atoms with E-state index in [0.717, 1.165) is 12.0 Å². The average Bonchev–Trinajstić information content (AvgIpc) is 2.30. The summed E-state index contributed by atoms with van der Waals surface area (Å²) in [6.45, 7) is 3.91. The molecule has 1 unspecified atom stereocenters. The first-order valence-corrected chi connectivity index (χ1v) is 5.89. The smallest absolute Gasteiger partial charge is 0.274 e. The molecule has 0 saturated heterocycles. The Morgan fingerprint density at radius 2 is 2.29 bits per heavy atom. The van der Waals surface area contributed by atoms with E-state index >= 15 is 0 Å². The number of rotatable bonds is 5. The van der Waals surface area contributed by atoms with Gasteiger partial charge in [0.25, 0.3) is 5.91 Å². The fraction of sp³-hybridized carbons (Fsp3) is 0.417. The normalized spacial score (nSPS) is 12.0. The molecule has 0 bridgehead atoms. The van der Waals surface area contributed by atoms with Gasteiger partial charge in [0.1, 0.15) is 5.75 Å². The van der Waals surface area contributed by atoms with E-state index in [9.17, 15) is 4.79 Å². The Kier molecular flexibility index (Phi) is 5.25. The first kappa shape index (κ1) is 13.8. The third-order valence-corrected chi connectivity index (χ3v) is 2.64. The van der Waals surface area contributed by atoms with E-state index in [-0.39, 0.29) is 5.91 Å². The van der Waals surface area contributed by atoms with E-state index in [1.165, 1.54) is 0 Å². The molecule has 94 valence electrons. The molecule has 0 fully saturated rings. The van der Waals surface area contributed by atoms with Crippen LogP contribution < -0.4 is 16.0 Å². The van der Waals surface area contributed by atoms with Crippen LogP contribution in [-0.4, -0.2) is 12.0 Å². The van der Waals surface area contributed by atoms with Crippen molar-refractivity contribution >= 4 is 17.5 Å². The summed E-state index contributed by atoms with van der Waals surface area (Å²) >= 11 is 6.03. The van der Waals surface area contributed by atoms with E-state index in [0.29, 0.717) is 17.2 Å². The molecule has 1 rings (SSSR count). The molecule has 3 N–H and O–H groups in total. The Bertz CT molecular complexity index is 396. The molecule has 1 amide bonds. The van der Waals surface area contributed by atoms with Crippen LogP contribution in [0.25, 0.3) is 0 Å². The second-order valence-electron chi connectivity index (χ2n) is 3.84.